The van der Waals surface area contributed by atoms with E-state index < -0.39 is 23.6 Å². The summed E-state index contributed by atoms with van der Waals surface area (Å²) in [4.78, 5) is 41.6. The van der Waals surface area contributed by atoms with Crippen LogP contribution in [-0.4, -0.2) is 39.9 Å². The Kier molecular flexibility index (Phi) is 6.36. The maximum absolute atomic E-state index is 14.0. The maximum Gasteiger partial charge on any atom is 0.233 e. The van der Waals surface area contributed by atoms with Crippen molar-refractivity contribution in [2.75, 3.05) is 11.9 Å². The first kappa shape index (κ1) is 21.9. The van der Waals surface area contributed by atoms with Crippen LogP contribution in [0.15, 0.2) is 18.3 Å². The number of anilines is 1. The monoisotopic (exact) mass is 431 g/mol. The van der Waals surface area contributed by atoms with Gasteiger partial charge in [-0.05, 0) is 55.6 Å². The van der Waals surface area contributed by atoms with Crippen molar-refractivity contribution in [3.63, 3.8) is 0 Å². The third-order valence-corrected chi connectivity index (χ3v) is 7.48. The van der Waals surface area contributed by atoms with E-state index >= 15 is 0 Å². The molecule has 0 aliphatic heterocycles. The standard InChI is InChI=1S/C23H30FN3O4/c24-19-6-3-9-25-21(19)26-22(30)18-12-23(7-8-23)11-17(18)20(29)16(13-27(31)14-28)10-15-4-1-2-5-15/h3,6,9,14-18,31H,1-2,4-5,7-8,10-13H2,(H,25,26,30)/t16-,17?,18-/m1/s1. The molecule has 0 aromatic carbocycles. The van der Waals surface area contributed by atoms with Crippen LogP contribution >= 0.6 is 0 Å². The molecule has 3 aliphatic rings. The SMILES string of the molecule is O=CN(O)C[C@@H](CC1CCCC1)C(=O)C1CC2(CC2)C[C@H]1C(=O)Nc1ncccc1F. The molecule has 31 heavy (non-hydrogen) atoms. The van der Waals surface area contributed by atoms with Crippen molar-refractivity contribution in [3.8, 4) is 0 Å². The van der Waals surface area contributed by atoms with Gasteiger partial charge in [0.2, 0.25) is 12.3 Å². The van der Waals surface area contributed by atoms with Crippen molar-refractivity contribution < 1.29 is 24.0 Å². The van der Waals surface area contributed by atoms with Gasteiger partial charge in [-0.3, -0.25) is 19.6 Å². The molecule has 3 saturated carbocycles. The van der Waals surface area contributed by atoms with Gasteiger partial charge in [0.05, 0.1) is 6.54 Å². The van der Waals surface area contributed by atoms with Crippen LogP contribution in [0.2, 0.25) is 0 Å². The van der Waals surface area contributed by atoms with Crippen LogP contribution in [0, 0.1) is 34.9 Å². The molecule has 3 atom stereocenters. The number of nitrogens with zero attached hydrogens (tertiary/aromatic N) is 2. The number of amides is 2. The maximum atomic E-state index is 14.0. The van der Waals surface area contributed by atoms with Gasteiger partial charge in [0.25, 0.3) is 0 Å². The van der Waals surface area contributed by atoms with Crippen molar-refractivity contribution in [2.24, 2.45) is 29.1 Å². The minimum Gasteiger partial charge on any atom is -0.308 e. The van der Waals surface area contributed by atoms with Crippen molar-refractivity contribution in [1.29, 1.82) is 0 Å². The number of ketones is 1. The number of Topliss-reactive ketones (excluding diaryl/α,β-unsaturated/α-hetero) is 1. The van der Waals surface area contributed by atoms with Crippen LogP contribution in [-0.2, 0) is 14.4 Å². The molecule has 1 aromatic rings. The zero-order valence-corrected chi connectivity index (χ0v) is 17.6. The third kappa shape index (κ3) is 4.95. The summed E-state index contributed by atoms with van der Waals surface area (Å²) in [6.45, 7) is -0.0501. The average molecular weight is 432 g/mol. The van der Waals surface area contributed by atoms with E-state index in [1.54, 1.807) is 0 Å². The predicted molar refractivity (Wildman–Crippen MR) is 110 cm³/mol. The number of pyridine rings is 1. The number of aromatic nitrogens is 1. The molecule has 7 nitrogen and oxygen atoms in total. The molecule has 4 rings (SSSR count). The summed E-state index contributed by atoms with van der Waals surface area (Å²) < 4.78 is 14.0. The molecule has 8 heteroatoms. The number of rotatable bonds is 9. The van der Waals surface area contributed by atoms with E-state index in [9.17, 15) is 24.0 Å². The lowest BCUT2D eigenvalue weighted by Gasteiger charge is -2.26. The van der Waals surface area contributed by atoms with Crippen molar-refractivity contribution >= 4 is 23.9 Å². The summed E-state index contributed by atoms with van der Waals surface area (Å²) in [5.41, 5.74) is 0.0203. The Hall–Kier alpha value is -2.35. The fourth-order valence-electron chi connectivity index (χ4n) is 5.65. The van der Waals surface area contributed by atoms with E-state index in [0.717, 1.165) is 38.5 Å². The molecule has 2 N–H and O–H groups in total. The van der Waals surface area contributed by atoms with E-state index in [1.165, 1.54) is 18.3 Å². The lowest BCUT2D eigenvalue weighted by atomic mass is 9.80. The summed E-state index contributed by atoms with van der Waals surface area (Å²) in [7, 11) is 0. The van der Waals surface area contributed by atoms with Gasteiger partial charge in [0.15, 0.2) is 11.6 Å². The molecule has 1 spiro atoms. The highest BCUT2D eigenvalue weighted by Gasteiger charge is 2.57. The summed E-state index contributed by atoms with van der Waals surface area (Å²) in [5, 5.41) is 12.9. The van der Waals surface area contributed by atoms with Gasteiger partial charge in [-0.25, -0.2) is 14.4 Å². The van der Waals surface area contributed by atoms with Crippen molar-refractivity contribution in [3.05, 3.63) is 24.1 Å². The Balaban J connectivity index is 1.51. The van der Waals surface area contributed by atoms with E-state index in [4.69, 9.17) is 0 Å². The van der Waals surface area contributed by atoms with E-state index in [-0.39, 0.29) is 29.5 Å². The van der Waals surface area contributed by atoms with Gasteiger partial charge >= 0.3 is 0 Å². The highest BCUT2D eigenvalue weighted by atomic mass is 19.1. The minimum atomic E-state index is -0.612. The zero-order chi connectivity index (χ0) is 22.0. The van der Waals surface area contributed by atoms with Gasteiger partial charge < -0.3 is 5.32 Å². The minimum absolute atomic E-state index is 0.0203. The molecule has 0 bridgehead atoms. The highest BCUT2D eigenvalue weighted by molar-refractivity contribution is 5.97. The fraction of sp³-hybridized carbons (Fsp3) is 0.652. The van der Waals surface area contributed by atoms with Gasteiger partial charge in [-0.1, -0.05) is 25.7 Å². The summed E-state index contributed by atoms with van der Waals surface area (Å²) in [6, 6.07) is 2.68. The van der Waals surface area contributed by atoms with Crippen LogP contribution in [0.5, 0.6) is 0 Å². The molecular formula is C23H30FN3O4. The molecule has 3 fully saturated rings. The topological polar surface area (TPSA) is 99.6 Å². The third-order valence-electron chi connectivity index (χ3n) is 7.48. The summed E-state index contributed by atoms with van der Waals surface area (Å²) in [6.07, 6.45) is 9.95. The fourth-order valence-corrected chi connectivity index (χ4v) is 5.65. The zero-order valence-electron chi connectivity index (χ0n) is 17.6. The second-order valence-electron chi connectivity index (χ2n) is 9.66. The van der Waals surface area contributed by atoms with Crippen LogP contribution in [0.4, 0.5) is 10.2 Å². The second kappa shape index (κ2) is 9.02. The molecule has 1 aromatic heterocycles. The summed E-state index contributed by atoms with van der Waals surface area (Å²) in [5.74, 6) is -2.31. The Morgan fingerprint density at radius 1 is 1.29 bits per heavy atom. The Morgan fingerprint density at radius 2 is 2.00 bits per heavy atom. The number of hydroxylamine groups is 2. The first-order chi connectivity index (χ1) is 14.9. The predicted octanol–water partition coefficient (Wildman–Crippen LogP) is 3.58. The molecule has 1 heterocycles. The molecule has 0 saturated heterocycles. The van der Waals surface area contributed by atoms with Gasteiger partial charge in [-0.15, -0.1) is 0 Å². The average Bonchev–Trinajstić information content (AvgIpc) is 3.13. The number of carbonyl (C=O) groups is 3. The smallest absolute Gasteiger partial charge is 0.233 e. The van der Waals surface area contributed by atoms with Crippen LogP contribution < -0.4 is 5.32 Å². The Morgan fingerprint density at radius 3 is 2.65 bits per heavy atom. The van der Waals surface area contributed by atoms with Crippen molar-refractivity contribution in [2.45, 2.75) is 57.8 Å². The lowest BCUT2D eigenvalue weighted by Crippen LogP contribution is -2.38. The lowest BCUT2D eigenvalue weighted by molar-refractivity contribution is -0.155. The number of halogens is 1. The Bertz CT molecular complexity index is 838. The van der Waals surface area contributed by atoms with E-state index in [2.05, 4.69) is 10.3 Å². The van der Waals surface area contributed by atoms with Crippen LogP contribution in [0.1, 0.15) is 57.8 Å². The van der Waals surface area contributed by atoms with E-state index in [0.29, 0.717) is 36.7 Å². The number of hydrogen-bond acceptors (Lipinski definition) is 5. The number of carbonyl (C=O) groups excluding carboxylic acids is 3. The first-order valence-electron chi connectivity index (χ1n) is 11.3. The molecule has 1 unspecified atom stereocenters. The number of hydrogen-bond donors (Lipinski definition) is 2. The quantitative estimate of drug-likeness (QED) is 0.354. The second-order valence-corrected chi connectivity index (χ2v) is 9.66. The van der Waals surface area contributed by atoms with Gasteiger partial charge in [0.1, 0.15) is 5.78 Å². The highest BCUT2D eigenvalue weighted by Crippen LogP contribution is 2.62. The normalized spacial score (nSPS) is 25.4. The molecule has 168 valence electrons. The van der Waals surface area contributed by atoms with Crippen LogP contribution in [0.25, 0.3) is 0 Å². The van der Waals surface area contributed by atoms with Gasteiger partial charge in [-0.2, -0.15) is 0 Å². The molecule has 0 radical (unpaired) electrons. The Labute approximate surface area is 181 Å². The van der Waals surface area contributed by atoms with Crippen LogP contribution in [0.3, 0.4) is 0 Å². The van der Waals surface area contributed by atoms with Gasteiger partial charge in [0, 0.05) is 24.0 Å². The molecule has 3 aliphatic carbocycles. The van der Waals surface area contributed by atoms with Crippen molar-refractivity contribution in [1.82, 2.24) is 10.0 Å². The summed E-state index contributed by atoms with van der Waals surface area (Å²) >= 11 is 0. The van der Waals surface area contributed by atoms with E-state index in [1.807, 2.05) is 0 Å². The molecular weight excluding hydrogens is 401 g/mol. The number of nitrogens with one attached hydrogen (secondary N) is 1. The largest absolute Gasteiger partial charge is 0.308 e. The first-order valence-corrected chi connectivity index (χ1v) is 11.3. The molecule has 2 amide bonds.